The molecule has 1 unspecified atom stereocenters. The van der Waals surface area contributed by atoms with E-state index in [0.717, 1.165) is 22.4 Å². The Kier molecular flexibility index (Phi) is 4.72. The summed E-state index contributed by atoms with van der Waals surface area (Å²) >= 11 is 0. The van der Waals surface area contributed by atoms with Gasteiger partial charge in [0.1, 0.15) is 12.4 Å². The van der Waals surface area contributed by atoms with Gasteiger partial charge < -0.3 is 20.2 Å². The fourth-order valence-corrected chi connectivity index (χ4v) is 3.73. The predicted molar refractivity (Wildman–Crippen MR) is 109 cm³/mol. The zero-order chi connectivity index (χ0) is 20.5. The van der Waals surface area contributed by atoms with Crippen LogP contribution in [0.25, 0.3) is 0 Å². The lowest BCUT2D eigenvalue weighted by Gasteiger charge is -2.34. The van der Waals surface area contributed by atoms with Crippen LogP contribution in [0, 0.1) is 0 Å². The lowest BCUT2D eigenvalue weighted by molar-refractivity contribution is 0.0948. The van der Waals surface area contributed by atoms with Crippen molar-refractivity contribution in [2.45, 2.75) is 12.6 Å². The van der Waals surface area contributed by atoms with Crippen molar-refractivity contribution in [3.05, 3.63) is 93.4 Å². The number of nitrogens with one attached hydrogen (secondary N) is 1. The number of carbonyl (C=O) groups is 1. The van der Waals surface area contributed by atoms with Gasteiger partial charge in [-0.2, -0.15) is 0 Å². The van der Waals surface area contributed by atoms with Gasteiger partial charge in [0, 0.05) is 31.9 Å². The van der Waals surface area contributed by atoms with Gasteiger partial charge in [0.2, 0.25) is 5.43 Å². The van der Waals surface area contributed by atoms with Crippen LogP contribution < -0.4 is 20.5 Å². The van der Waals surface area contributed by atoms with Crippen LogP contribution in [-0.2, 0) is 6.61 Å². The number of ether oxygens (including phenoxy) is 1. The summed E-state index contributed by atoms with van der Waals surface area (Å²) in [5.74, 6) is -0.407. The zero-order valence-corrected chi connectivity index (χ0v) is 16.1. The van der Waals surface area contributed by atoms with Gasteiger partial charge in [-0.25, -0.2) is 0 Å². The highest BCUT2D eigenvalue weighted by atomic mass is 16.5. The molecule has 1 aliphatic heterocycles. The first kappa shape index (κ1) is 18.6. The van der Waals surface area contributed by atoms with Crippen molar-refractivity contribution in [3.8, 4) is 11.5 Å². The molecule has 0 radical (unpaired) electrons. The molecular weight excluding hydrogens is 370 g/mol. The first-order valence-corrected chi connectivity index (χ1v) is 9.22. The van der Waals surface area contributed by atoms with Crippen molar-refractivity contribution in [3.63, 3.8) is 0 Å². The quantitative estimate of drug-likeness (QED) is 0.715. The maximum Gasteiger partial charge on any atom is 0.273 e. The number of aromatic hydroxyl groups is 1. The standard InChI is InChI=1S/C22H21N3O4/c1-23-22(28)20-21(27)17(26)11-12-25(20)24(2)19-15-8-4-3-7-14(15)13-29-18-10-6-5-9-16(18)19/h3-12,19,27H,13H2,1-2H3,(H,23,28). The molecule has 0 saturated carbocycles. The minimum Gasteiger partial charge on any atom is -0.502 e. The van der Waals surface area contributed by atoms with E-state index in [1.54, 1.807) is 7.05 Å². The third-order valence-electron chi connectivity index (χ3n) is 5.16. The Morgan fingerprint density at radius 2 is 1.83 bits per heavy atom. The SMILES string of the molecule is CNC(=O)c1c(O)c(=O)ccn1N(C)C1c2ccccc2COc2ccccc21. The average Bonchev–Trinajstić information content (AvgIpc) is 2.91. The monoisotopic (exact) mass is 391 g/mol. The molecule has 7 nitrogen and oxygen atoms in total. The van der Waals surface area contributed by atoms with Crippen molar-refractivity contribution in [1.82, 2.24) is 9.99 Å². The molecule has 0 fully saturated rings. The van der Waals surface area contributed by atoms with Crippen LogP contribution >= 0.6 is 0 Å². The van der Waals surface area contributed by atoms with Gasteiger partial charge in [0.25, 0.3) is 5.91 Å². The maximum atomic E-state index is 12.5. The van der Waals surface area contributed by atoms with E-state index in [4.69, 9.17) is 4.74 Å². The lowest BCUT2D eigenvalue weighted by Crippen LogP contribution is -2.40. The number of amides is 1. The van der Waals surface area contributed by atoms with Gasteiger partial charge in [-0.15, -0.1) is 0 Å². The van der Waals surface area contributed by atoms with E-state index in [-0.39, 0.29) is 11.7 Å². The summed E-state index contributed by atoms with van der Waals surface area (Å²) in [6.07, 6.45) is 1.49. The predicted octanol–water partition coefficient (Wildman–Crippen LogP) is 2.16. The molecular formula is C22H21N3O4. The lowest BCUT2D eigenvalue weighted by atomic mass is 9.94. The molecule has 4 rings (SSSR count). The maximum absolute atomic E-state index is 12.5. The van der Waals surface area contributed by atoms with E-state index in [1.807, 2.05) is 53.5 Å². The number of nitrogens with zero attached hydrogens (tertiary/aromatic N) is 2. The molecule has 0 bridgehead atoms. The number of rotatable bonds is 3. The van der Waals surface area contributed by atoms with Gasteiger partial charge in [0.05, 0.1) is 6.04 Å². The summed E-state index contributed by atoms with van der Waals surface area (Å²) in [6, 6.07) is 16.6. The first-order chi connectivity index (χ1) is 14.0. The van der Waals surface area contributed by atoms with Crippen LogP contribution in [0.4, 0.5) is 0 Å². The number of fused-ring (bicyclic) bond motifs is 2. The Bertz CT molecular complexity index is 1090. The minimum atomic E-state index is -0.613. The molecule has 148 valence electrons. The molecule has 1 aromatic heterocycles. The van der Waals surface area contributed by atoms with Crippen molar-refractivity contribution in [2.24, 2.45) is 0 Å². The van der Waals surface area contributed by atoms with Crippen LogP contribution in [0.5, 0.6) is 11.5 Å². The highest BCUT2D eigenvalue weighted by Crippen LogP contribution is 2.38. The second kappa shape index (κ2) is 7.35. The van der Waals surface area contributed by atoms with Crippen molar-refractivity contribution >= 4 is 5.91 Å². The zero-order valence-electron chi connectivity index (χ0n) is 16.1. The Balaban J connectivity index is 1.95. The van der Waals surface area contributed by atoms with E-state index >= 15 is 0 Å². The van der Waals surface area contributed by atoms with Crippen LogP contribution in [-0.4, -0.2) is 29.8 Å². The second-order valence-corrected chi connectivity index (χ2v) is 6.80. The van der Waals surface area contributed by atoms with Gasteiger partial charge in [0.15, 0.2) is 11.4 Å². The molecule has 0 saturated heterocycles. The normalized spacial score (nSPS) is 14.8. The third-order valence-corrected chi connectivity index (χ3v) is 5.16. The first-order valence-electron chi connectivity index (χ1n) is 9.22. The Morgan fingerprint density at radius 3 is 2.59 bits per heavy atom. The third kappa shape index (κ3) is 3.10. The molecule has 1 amide bonds. The van der Waals surface area contributed by atoms with Crippen LogP contribution in [0.15, 0.2) is 65.6 Å². The molecule has 29 heavy (non-hydrogen) atoms. The number of para-hydroxylation sites is 1. The van der Waals surface area contributed by atoms with Crippen molar-refractivity contribution in [2.75, 3.05) is 19.1 Å². The van der Waals surface area contributed by atoms with Crippen molar-refractivity contribution < 1.29 is 14.6 Å². The molecule has 3 aromatic rings. The smallest absolute Gasteiger partial charge is 0.273 e. The number of benzene rings is 2. The summed E-state index contributed by atoms with van der Waals surface area (Å²) in [4.78, 5) is 24.5. The minimum absolute atomic E-state index is 0.123. The Morgan fingerprint density at radius 1 is 1.14 bits per heavy atom. The van der Waals surface area contributed by atoms with Gasteiger partial charge in [-0.3, -0.25) is 14.3 Å². The van der Waals surface area contributed by atoms with Gasteiger partial charge in [-0.05, 0) is 17.2 Å². The van der Waals surface area contributed by atoms with E-state index in [2.05, 4.69) is 5.32 Å². The number of pyridine rings is 1. The molecule has 1 atom stereocenters. The highest BCUT2D eigenvalue weighted by molar-refractivity contribution is 5.95. The summed E-state index contributed by atoms with van der Waals surface area (Å²) in [5.41, 5.74) is 2.22. The average molecular weight is 391 g/mol. The van der Waals surface area contributed by atoms with Crippen LogP contribution in [0.2, 0.25) is 0 Å². The summed E-state index contributed by atoms with van der Waals surface area (Å²) in [6.45, 7) is 0.426. The van der Waals surface area contributed by atoms with Gasteiger partial charge in [-0.1, -0.05) is 42.5 Å². The van der Waals surface area contributed by atoms with Gasteiger partial charge >= 0.3 is 0 Å². The number of hydrogen-bond acceptors (Lipinski definition) is 5. The summed E-state index contributed by atoms with van der Waals surface area (Å²) < 4.78 is 7.52. The summed E-state index contributed by atoms with van der Waals surface area (Å²) in [5, 5.41) is 14.6. The Hall–Kier alpha value is -3.74. The highest BCUT2D eigenvalue weighted by Gasteiger charge is 2.30. The molecule has 7 heteroatoms. The van der Waals surface area contributed by atoms with Crippen LogP contribution in [0.1, 0.15) is 33.2 Å². The fourth-order valence-electron chi connectivity index (χ4n) is 3.73. The largest absolute Gasteiger partial charge is 0.502 e. The molecule has 2 heterocycles. The fraction of sp³-hybridized carbons (Fsp3) is 0.182. The van der Waals surface area contributed by atoms with E-state index in [9.17, 15) is 14.7 Å². The molecule has 0 spiro atoms. The topological polar surface area (TPSA) is 83.8 Å². The van der Waals surface area contributed by atoms with Crippen molar-refractivity contribution in [1.29, 1.82) is 0 Å². The number of carbonyl (C=O) groups excluding carboxylic acids is 1. The number of hydrogen-bond donors (Lipinski definition) is 2. The van der Waals surface area contributed by atoms with E-state index in [0.29, 0.717) is 6.61 Å². The molecule has 2 N–H and O–H groups in total. The van der Waals surface area contributed by atoms with Crippen LogP contribution in [0.3, 0.4) is 0 Å². The molecule has 2 aromatic carbocycles. The second-order valence-electron chi connectivity index (χ2n) is 6.80. The van der Waals surface area contributed by atoms with E-state index in [1.165, 1.54) is 24.0 Å². The Labute approximate surface area is 167 Å². The summed E-state index contributed by atoms with van der Waals surface area (Å²) in [7, 11) is 3.26. The molecule has 0 aliphatic carbocycles. The molecule has 1 aliphatic rings. The van der Waals surface area contributed by atoms with E-state index < -0.39 is 17.1 Å². The number of aromatic nitrogens is 1.